The number of hydrogen-bond acceptors (Lipinski definition) is 6. The number of nitrogens with two attached hydrogens (primary N) is 1. The molecule has 0 spiro atoms. The van der Waals surface area contributed by atoms with Gasteiger partial charge in [0.2, 0.25) is 0 Å². The van der Waals surface area contributed by atoms with E-state index in [1.54, 1.807) is 12.1 Å². The van der Waals surface area contributed by atoms with Crippen LogP contribution in [0.5, 0.6) is 0 Å². The molecule has 1 rings (SSSR count). The summed E-state index contributed by atoms with van der Waals surface area (Å²) < 4.78 is 9.69. The Morgan fingerprint density at radius 3 is 2.76 bits per heavy atom. The van der Waals surface area contributed by atoms with Crippen molar-refractivity contribution in [1.82, 2.24) is 0 Å². The molecule has 0 unspecified atom stereocenters. The Labute approximate surface area is 104 Å². The molecule has 0 saturated heterocycles. The third-order valence-corrected chi connectivity index (χ3v) is 2.26. The van der Waals surface area contributed by atoms with Gasteiger partial charge in [0.1, 0.15) is 5.69 Å². The number of ether oxygens (including phenoxy) is 2. The molecule has 17 heavy (non-hydrogen) atoms. The zero-order chi connectivity index (χ0) is 12.8. The van der Waals surface area contributed by atoms with E-state index in [-0.39, 0.29) is 6.61 Å². The van der Waals surface area contributed by atoms with Crippen molar-refractivity contribution in [3.8, 4) is 0 Å². The van der Waals surface area contributed by atoms with Gasteiger partial charge >= 0.3 is 5.97 Å². The summed E-state index contributed by atoms with van der Waals surface area (Å²) in [7, 11) is 2.81. The molecule has 1 aromatic rings. The maximum atomic E-state index is 11.6. The Morgan fingerprint density at radius 1 is 1.53 bits per heavy atom. The number of nitrogens with zero attached hydrogens (tertiary/aromatic N) is 1. The Hall–Kier alpha value is -1.75. The van der Waals surface area contributed by atoms with Crippen LogP contribution in [0.4, 0.5) is 11.4 Å². The zero-order valence-electron chi connectivity index (χ0n) is 9.52. The second kappa shape index (κ2) is 6.10. The SMILES string of the molecule is COCc1c(C(=O)OC)ccc(N)c1N=C=S. The van der Waals surface area contributed by atoms with Gasteiger partial charge in [-0.1, -0.05) is 0 Å². The van der Waals surface area contributed by atoms with Gasteiger partial charge in [0, 0.05) is 12.7 Å². The maximum Gasteiger partial charge on any atom is 0.338 e. The fraction of sp³-hybridized carbons (Fsp3) is 0.273. The van der Waals surface area contributed by atoms with Crippen molar-refractivity contribution in [2.45, 2.75) is 6.61 Å². The lowest BCUT2D eigenvalue weighted by molar-refractivity contribution is 0.0596. The molecule has 1 aromatic carbocycles. The second-order valence-electron chi connectivity index (χ2n) is 3.16. The van der Waals surface area contributed by atoms with E-state index in [4.69, 9.17) is 10.5 Å². The molecular formula is C11H12N2O3S. The van der Waals surface area contributed by atoms with Gasteiger partial charge in [0.05, 0.1) is 30.1 Å². The predicted molar refractivity (Wildman–Crippen MR) is 67.6 cm³/mol. The minimum absolute atomic E-state index is 0.186. The first-order valence-electron chi connectivity index (χ1n) is 4.72. The van der Waals surface area contributed by atoms with Gasteiger partial charge in [0.25, 0.3) is 0 Å². The van der Waals surface area contributed by atoms with E-state index in [0.717, 1.165) is 0 Å². The molecule has 0 bridgehead atoms. The molecule has 6 heteroatoms. The third-order valence-electron chi connectivity index (χ3n) is 2.17. The lowest BCUT2D eigenvalue weighted by Crippen LogP contribution is -2.07. The summed E-state index contributed by atoms with van der Waals surface area (Å²) >= 11 is 4.55. The molecule has 5 nitrogen and oxygen atoms in total. The Balaban J connectivity index is 3.45. The number of thiocarbonyl (C=S) groups is 1. The number of methoxy groups -OCH3 is 2. The van der Waals surface area contributed by atoms with Crippen molar-refractivity contribution in [2.75, 3.05) is 20.0 Å². The highest BCUT2D eigenvalue weighted by molar-refractivity contribution is 7.78. The fourth-order valence-electron chi connectivity index (χ4n) is 1.42. The number of anilines is 1. The summed E-state index contributed by atoms with van der Waals surface area (Å²) in [5, 5.41) is 2.23. The number of carbonyl (C=O) groups is 1. The molecule has 0 saturated carbocycles. The number of rotatable bonds is 4. The minimum Gasteiger partial charge on any atom is -0.465 e. The molecule has 90 valence electrons. The highest BCUT2D eigenvalue weighted by Crippen LogP contribution is 2.30. The van der Waals surface area contributed by atoms with Crippen molar-refractivity contribution in [2.24, 2.45) is 4.99 Å². The lowest BCUT2D eigenvalue weighted by atomic mass is 10.0. The molecular weight excluding hydrogens is 240 g/mol. The molecule has 0 aliphatic rings. The molecule has 0 amide bonds. The summed E-state index contributed by atoms with van der Waals surface area (Å²) in [5.41, 5.74) is 7.45. The van der Waals surface area contributed by atoms with Gasteiger partial charge < -0.3 is 15.2 Å². The topological polar surface area (TPSA) is 73.9 Å². The summed E-state index contributed by atoms with van der Waals surface area (Å²) in [6, 6.07) is 3.13. The van der Waals surface area contributed by atoms with Gasteiger partial charge in [-0.15, -0.1) is 0 Å². The van der Waals surface area contributed by atoms with Gasteiger partial charge in [-0.05, 0) is 24.4 Å². The standard InChI is InChI=1S/C11H12N2O3S/c1-15-5-8-7(11(14)16-2)3-4-9(12)10(8)13-6-17/h3-4H,5,12H2,1-2H3. The van der Waals surface area contributed by atoms with Crippen molar-refractivity contribution in [3.05, 3.63) is 23.3 Å². The number of hydrogen-bond donors (Lipinski definition) is 1. The van der Waals surface area contributed by atoms with Crippen molar-refractivity contribution < 1.29 is 14.3 Å². The first kappa shape index (κ1) is 13.3. The summed E-state index contributed by atoms with van der Waals surface area (Å²) in [5.74, 6) is -0.474. The number of nitrogen functional groups attached to an aromatic ring is 1. The van der Waals surface area contributed by atoms with E-state index in [1.807, 2.05) is 0 Å². The van der Waals surface area contributed by atoms with Crippen LogP contribution < -0.4 is 5.73 Å². The summed E-state index contributed by atoms with van der Waals surface area (Å²) in [4.78, 5) is 15.4. The second-order valence-corrected chi connectivity index (χ2v) is 3.34. The van der Waals surface area contributed by atoms with Gasteiger partial charge in [-0.25, -0.2) is 4.79 Å². The van der Waals surface area contributed by atoms with Crippen LogP contribution >= 0.6 is 12.2 Å². The van der Waals surface area contributed by atoms with Crippen LogP contribution in [0.3, 0.4) is 0 Å². The fourth-order valence-corrected chi connectivity index (χ4v) is 1.52. The highest BCUT2D eigenvalue weighted by atomic mass is 32.1. The van der Waals surface area contributed by atoms with Crippen LogP contribution in [0.2, 0.25) is 0 Å². The molecule has 0 aromatic heterocycles. The number of esters is 1. The molecule has 0 fully saturated rings. The van der Waals surface area contributed by atoms with Crippen molar-refractivity contribution in [3.63, 3.8) is 0 Å². The van der Waals surface area contributed by atoms with E-state index < -0.39 is 5.97 Å². The summed E-state index contributed by atoms with van der Waals surface area (Å²) in [6.07, 6.45) is 0. The van der Waals surface area contributed by atoms with Crippen LogP contribution in [0.15, 0.2) is 17.1 Å². The number of aliphatic imine (C=N–C) groups is 1. The third kappa shape index (κ3) is 2.88. The quantitative estimate of drug-likeness (QED) is 0.383. The maximum absolute atomic E-state index is 11.6. The Kier molecular flexibility index (Phi) is 4.78. The molecule has 2 N–H and O–H groups in total. The molecule has 0 aliphatic carbocycles. The Bertz CT molecular complexity index is 482. The van der Waals surface area contributed by atoms with E-state index in [9.17, 15) is 4.79 Å². The summed E-state index contributed by atoms with van der Waals surface area (Å²) in [6.45, 7) is 0.186. The number of carbonyl (C=O) groups excluding carboxylic acids is 1. The van der Waals surface area contributed by atoms with Crippen LogP contribution in [0.1, 0.15) is 15.9 Å². The normalized spacial score (nSPS) is 9.53. The van der Waals surface area contributed by atoms with Gasteiger partial charge in [-0.2, -0.15) is 4.99 Å². The lowest BCUT2D eigenvalue weighted by Gasteiger charge is -2.11. The van der Waals surface area contributed by atoms with Crippen LogP contribution in [0.25, 0.3) is 0 Å². The monoisotopic (exact) mass is 252 g/mol. The average Bonchev–Trinajstić information content (AvgIpc) is 2.33. The van der Waals surface area contributed by atoms with Crippen LogP contribution in [-0.2, 0) is 16.1 Å². The van der Waals surface area contributed by atoms with Crippen molar-refractivity contribution in [1.29, 1.82) is 0 Å². The highest BCUT2D eigenvalue weighted by Gasteiger charge is 2.17. The number of benzene rings is 1. The van der Waals surface area contributed by atoms with E-state index >= 15 is 0 Å². The Morgan fingerprint density at radius 2 is 2.24 bits per heavy atom. The molecule has 0 heterocycles. The largest absolute Gasteiger partial charge is 0.465 e. The van der Waals surface area contributed by atoms with E-state index in [1.165, 1.54) is 14.2 Å². The molecule has 0 radical (unpaired) electrons. The van der Waals surface area contributed by atoms with Gasteiger partial charge in [-0.3, -0.25) is 0 Å². The van der Waals surface area contributed by atoms with Crippen LogP contribution in [0, 0.1) is 0 Å². The predicted octanol–water partition coefficient (Wildman–Crippen LogP) is 1.94. The number of isothiocyanates is 1. The smallest absolute Gasteiger partial charge is 0.338 e. The first-order valence-corrected chi connectivity index (χ1v) is 5.13. The van der Waals surface area contributed by atoms with E-state index in [0.29, 0.717) is 22.5 Å². The molecule has 0 atom stereocenters. The van der Waals surface area contributed by atoms with Gasteiger partial charge in [0.15, 0.2) is 0 Å². The minimum atomic E-state index is -0.474. The van der Waals surface area contributed by atoms with Crippen molar-refractivity contribution >= 4 is 34.7 Å². The van der Waals surface area contributed by atoms with E-state index in [2.05, 4.69) is 27.1 Å². The average molecular weight is 252 g/mol. The molecule has 0 aliphatic heterocycles. The zero-order valence-corrected chi connectivity index (χ0v) is 10.3. The van der Waals surface area contributed by atoms with Crippen LogP contribution in [-0.4, -0.2) is 25.4 Å². The first-order chi connectivity index (χ1) is 8.15.